The molecule has 2 aliphatic heterocycles. The number of carbonyl (C=O) groups is 2. The molecular formula is C20H28ClN3O2. The van der Waals surface area contributed by atoms with Crippen LogP contribution in [0.1, 0.15) is 33.1 Å². The van der Waals surface area contributed by atoms with Crippen molar-refractivity contribution >= 4 is 29.1 Å². The molecule has 1 N–H and O–H groups in total. The maximum absolute atomic E-state index is 12.6. The highest BCUT2D eigenvalue weighted by Crippen LogP contribution is 2.26. The molecule has 5 nitrogen and oxygen atoms in total. The van der Waals surface area contributed by atoms with Gasteiger partial charge in [0, 0.05) is 36.4 Å². The van der Waals surface area contributed by atoms with Crippen LogP contribution >= 0.6 is 11.6 Å². The van der Waals surface area contributed by atoms with Gasteiger partial charge in [0.05, 0.1) is 0 Å². The van der Waals surface area contributed by atoms with Gasteiger partial charge >= 0.3 is 0 Å². The fraction of sp³-hybridized carbons (Fsp3) is 0.600. The first-order valence-corrected chi connectivity index (χ1v) is 9.92. The maximum Gasteiger partial charge on any atom is 0.239 e. The third kappa shape index (κ3) is 4.38. The zero-order valence-corrected chi connectivity index (χ0v) is 16.3. The van der Waals surface area contributed by atoms with E-state index in [0.29, 0.717) is 36.5 Å². The largest absolute Gasteiger partial charge is 0.354 e. The summed E-state index contributed by atoms with van der Waals surface area (Å²) in [5.41, 5.74) is 0.797. The third-order valence-electron chi connectivity index (χ3n) is 5.54. The Bertz CT molecular complexity index is 649. The van der Waals surface area contributed by atoms with Crippen molar-refractivity contribution in [3.05, 3.63) is 29.3 Å². The quantitative estimate of drug-likeness (QED) is 0.803. The molecule has 142 valence electrons. The molecule has 2 heterocycles. The van der Waals surface area contributed by atoms with Crippen molar-refractivity contribution in [2.45, 2.75) is 39.2 Å². The highest BCUT2D eigenvalue weighted by Gasteiger charge is 2.37. The summed E-state index contributed by atoms with van der Waals surface area (Å²) in [6, 6.07) is 7.46. The first-order valence-electron chi connectivity index (χ1n) is 9.54. The molecule has 1 aromatic carbocycles. The van der Waals surface area contributed by atoms with Crippen LogP contribution in [0.3, 0.4) is 0 Å². The van der Waals surface area contributed by atoms with Crippen molar-refractivity contribution in [1.82, 2.24) is 10.2 Å². The molecule has 3 atom stereocenters. The van der Waals surface area contributed by atoms with E-state index in [2.05, 4.69) is 24.1 Å². The smallest absolute Gasteiger partial charge is 0.239 e. The first-order chi connectivity index (χ1) is 12.5. The lowest BCUT2D eigenvalue weighted by molar-refractivity contribution is -0.132. The Hall–Kier alpha value is -1.59. The summed E-state index contributed by atoms with van der Waals surface area (Å²) < 4.78 is 0. The minimum Gasteiger partial charge on any atom is -0.354 e. The molecule has 0 radical (unpaired) electrons. The SMILES string of the molecule is CC1CCCN(C(C)CNC(=O)C2CCN(c3ccc(Cl)cc3)C2=O)C1. The summed E-state index contributed by atoms with van der Waals surface area (Å²) in [6.07, 6.45) is 3.06. The number of carbonyl (C=O) groups excluding carboxylic acids is 2. The Kier molecular flexibility index (Phi) is 6.20. The van der Waals surface area contributed by atoms with Gasteiger partial charge < -0.3 is 10.2 Å². The van der Waals surface area contributed by atoms with Crippen molar-refractivity contribution in [2.24, 2.45) is 11.8 Å². The molecule has 2 amide bonds. The molecule has 0 saturated carbocycles. The molecular weight excluding hydrogens is 350 g/mol. The lowest BCUT2D eigenvalue weighted by Crippen LogP contribution is -2.47. The van der Waals surface area contributed by atoms with E-state index in [1.165, 1.54) is 12.8 Å². The van der Waals surface area contributed by atoms with Crippen LogP contribution in [-0.4, -0.2) is 48.9 Å². The van der Waals surface area contributed by atoms with Gasteiger partial charge in [-0.1, -0.05) is 18.5 Å². The van der Waals surface area contributed by atoms with Gasteiger partial charge in [0.15, 0.2) is 0 Å². The molecule has 26 heavy (non-hydrogen) atoms. The minimum absolute atomic E-state index is 0.121. The predicted octanol–water partition coefficient (Wildman–Crippen LogP) is 2.93. The van der Waals surface area contributed by atoms with Crippen molar-refractivity contribution in [2.75, 3.05) is 31.1 Å². The highest BCUT2D eigenvalue weighted by molar-refractivity contribution is 6.30. The Morgan fingerprint density at radius 2 is 2.00 bits per heavy atom. The molecule has 2 fully saturated rings. The molecule has 1 aromatic rings. The van der Waals surface area contributed by atoms with Crippen LogP contribution in [0, 0.1) is 11.8 Å². The number of anilines is 1. The van der Waals surface area contributed by atoms with E-state index in [1.54, 1.807) is 17.0 Å². The molecule has 2 saturated heterocycles. The normalized spacial score (nSPS) is 25.3. The summed E-state index contributed by atoms with van der Waals surface area (Å²) in [5, 5.41) is 3.63. The van der Waals surface area contributed by atoms with Crippen LogP contribution in [0.15, 0.2) is 24.3 Å². The van der Waals surface area contributed by atoms with E-state index in [9.17, 15) is 9.59 Å². The number of likely N-dealkylation sites (tertiary alicyclic amines) is 1. The number of piperidine rings is 1. The van der Waals surface area contributed by atoms with Gasteiger partial charge in [0.25, 0.3) is 0 Å². The topological polar surface area (TPSA) is 52.7 Å². The van der Waals surface area contributed by atoms with Crippen LogP contribution in [0.25, 0.3) is 0 Å². The summed E-state index contributed by atoms with van der Waals surface area (Å²) in [7, 11) is 0. The fourth-order valence-electron chi connectivity index (χ4n) is 3.93. The van der Waals surface area contributed by atoms with E-state index in [4.69, 9.17) is 11.6 Å². The van der Waals surface area contributed by atoms with Gasteiger partial charge in [-0.05, 0) is 62.9 Å². The molecule has 6 heteroatoms. The van der Waals surface area contributed by atoms with Crippen molar-refractivity contribution < 1.29 is 9.59 Å². The van der Waals surface area contributed by atoms with Crippen molar-refractivity contribution in [1.29, 1.82) is 0 Å². The van der Waals surface area contributed by atoms with E-state index in [0.717, 1.165) is 18.8 Å². The number of hydrogen-bond acceptors (Lipinski definition) is 3. The number of benzene rings is 1. The molecule has 0 aromatic heterocycles. The van der Waals surface area contributed by atoms with Gasteiger partial charge in [-0.25, -0.2) is 0 Å². The minimum atomic E-state index is -0.585. The van der Waals surface area contributed by atoms with Gasteiger partial charge in [-0.2, -0.15) is 0 Å². The average Bonchev–Trinajstić information content (AvgIpc) is 3.01. The second kappa shape index (κ2) is 8.40. The number of nitrogens with one attached hydrogen (secondary N) is 1. The molecule has 0 spiro atoms. The monoisotopic (exact) mass is 377 g/mol. The number of halogens is 1. The van der Waals surface area contributed by atoms with Gasteiger partial charge in [-0.3, -0.25) is 14.5 Å². The van der Waals surface area contributed by atoms with E-state index < -0.39 is 5.92 Å². The van der Waals surface area contributed by atoms with Gasteiger partial charge in [0.2, 0.25) is 11.8 Å². The van der Waals surface area contributed by atoms with E-state index in [1.807, 2.05) is 12.1 Å². The zero-order chi connectivity index (χ0) is 18.7. The van der Waals surface area contributed by atoms with Crippen LogP contribution in [0.4, 0.5) is 5.69 Å². The van der Waals surface area contributed by atoms with Crippen molar-refractivity contribution in [3.8, 4) is 0 Å². The molecule has 0 bridgehead atoms. The van der Waals surface area contributed by atoms with Crippen LogP contribution in [-0.2, 0) is 9.59 Å². The first kappa shape index (κ1) is 19.2. The molecule has 2 aliphatic rings. The fourth-order valence-corrected chi connectivity index (χ4v) is 4.05. The Morgan fingerprint density at radius 1 is 1.27 bits per heavy atom. The lowest BCUT2D eigenvalue weighted by atomic mass is 9.99. The number of nitrogens with zero attached hydrogens (tertiary/aromatic N) is 2. The summed E-state index contributed by atoms with van der Waals surface area (Å²) in [5.74, 6) is -0.142. The second-order valence-corrected chi connectivity index (χ2v) is 8.08. The van der Waals surface area contributed by atoms with Crippen LogP contribution in [0.5, 0.6) is 0 Å². The summed E-state index contributed by atoms with van der Waals surface area (Å²) >= 11 is 5.91. The third-order valence-corrected chi connectivity index (χ3v) is 5.80. The predicted molar refractivity (Wildman–Crippen MR) is 104 cm³/mol. The van der Waals surface area contributed by atoms with E-state index in [-0.39, 0.29) is 11.8 Å². The van der Waals surface area contributed by atoms with Crippen LogP contribution in [0.2, 0.25) is 5.02 Å². The second-order valence-electron chi connectivity index (χ2n) is 7.64. The average molecular weight is 378 g/mol. The van der Waals surface area contributed by atoms with Gasteiger partial charge in [-0.15, -0.1) is 0 Å². The Balaban J connectivity index is 1.52. The van der Waals surface area contributed by atoms with E-state index >= 15 is 0 Å². The molecule has 3 rings (SSSR count). The Morgan fingerprint density at radius 3 is 2.69 bits per heavy atom. The van der Waals surface area contributed by atoms with Crippen LogP contribution < -0.4 is 10.2 Å². The Labute approximate surface area is 160 Å². The highest BCUT2D eigenvalue weighted by atomic mass is 35.5. The lowest BCUT2D eigenvalue weighted by Gasteiger charge is -2.35. The number of hydrogen-bond donors (Lipinski definition) is 1. The number of amides is 2. The zero-order valence-electron chi connectivity index (χ0n) is 15.6. The molecule has 3 unspecified atom stereocenters. The standard InChI is InChI=1S/C20H28ClN3O2/c1-14-4-3-10-23(13-14)15(2)12-22-19(25)18-9-11-24(20(18)26)17-7-5-16(21)6-8-17/h5-8,14-15,18H,3-4,9-13H2,1-2H3,(H,22,25). The summed E-state index contributed by atoms with van der Waals surface area (Å²) in [6.45, 7) is 7.76. The van der Waals surface area contributed by atoms with Gasteiger partial charge in [0.1, 0.15) is 5.92 Å². The molecule has 0 aliphatic carbocycles. The summed E-state index contributed by atoms with van der Waals surface area (Å²) in [4.78, 5) is 29.3. The van der Waals surface area contributed by atoms with Crippen molar-refractivity contribution in [3.63, 3.8) is 0 Å². The number of rotatable bonds is 5. The maximum atomic E-state index is 12.6.